The number of amides is 3. The van der Waals surface area contributed by atoms with Crippen molar-refractivity contribution in [2.75, 3.05) is 22.1 Å². The third-order valence-corrected chi connectivity index (χ3v) is 5.18. The maximum atomic E-state index is 12.6. The fourth-order valence-electron chi connectivity index (χ4n) is 3.50. The summed E-state index contributed by atoms with van der Waals surface area (Å²) in [5.41, 5.74) is 2.17. The molecule has 1 saturated carbocycles. The maximum absolute atomic E-state index is 12.6. The van der Waals surface area contributed by atoms with Crippen LogP contribution in [0, 0.1) is 16.0 Å². The zero-order valence-corrected chi connectivity index (χ0v) is 16.1. The summed E-state index contributed by atoms with van der Waals surface area (Å²) in [7, 11) is 0. The molecule has 1 fully saturated rings. The number of benzene rings is 2. The van der Waals surface area contributed by atoms with E-state index in [4.69, 9.17) is 0 Å². The Balaban J connectivity index is 1.46. The molecule has 2 N–H and O–H groups in total. The van der Waals surface area contributed by atoms with Crippen molar-refractivity contribution >= 4 is 40.5 Å². The van der Waals surface area contributed by atoms with Crippen LogP contribution in [0.5, 0.6) is 0 Å². The first-order chi connectivity index (χ1) is 14.4. The second-order valence-corrected chi connectivity index (χ2v) is 7.43. The number of hydrogen-bond donors (Lipinski definition) is 2. The average molecular weight is 408 g/mol. The van der Waals surface area contributed by atoms with Gasteiger partial charge in [0.1, 0.15) is 0 Å². The molecule has 1 aliphatic heterocycles. The molecule has 0 bridgehead atoms. The first-order valence-electron chi connectivity index (χ1n) is 9.73. The molecule has 2 aromatic rings. The van der Waals surface area contributed by atoms with E-state index < -0.39 is 16.7 Å². The van der Waals surface area contributed by atoms with Gasteiger partial charge in [0.05, 0.1) is 4.92 Å². The molecule has 30 heavy (non-hydrogen) atoms. The largest absolute Gasteiger partial charge is 0.318 e. The van der Waals surface area contributed by atoms with E-state index in [1.54, 1.807) is 17.0 Å². The first-order valence-corrected chi connectivity index (χ1v) is 9.73. The van der Waals surface area contributed by atoms with Gasteiger partial charge in [-0.25, -0.2) is 0 Å². The molecule has 0 spiro atoms. The molecule has 0 saturated heterocycles. The minimum Gasteiger partial charge on any atom is -0.318 e. The van der Waals surface area contributed by atoms with E-state index in [1.165, 1.54) is 24.3 Å². The van der Waals surface area contributed by atoms with Crippen molar-refractivity contribution in [2.45, 2.75) is 25.7 Å². The van der Waals surface area contributed by atoms with E-state index in [2.05, 4.69) is 10.6 Å². The standard InChI is InChI=1S/C21H20N4O5/c26-19(22-15-4-1-5-17(11-15)25(29)30)20(27)23-16-9-8-13-3-2-10-24(18(13)12-16)21(28)14-6-7-14/h1,4-5,8-9,11-12,14H,2-3,6-7,10H2,(H,22,26)(H,23,27). The van der Waals surface area contributed by atoms with Crippen LogP contribution in [0.15, 0.2) is 42.5 Å². The second-order valence-electron chi connectivity index (χ2n) is 7.43. The fraction of sp³-hybridized carbons (Fsp3) is 0.286. The summed E-state index contributed by atoms with van der Waals surface area (Å²) in [4.78, 5) is 49.1. The molecule has 2 aliphatic rings. The minimum atomic E-state index is -0.945. The molecular weight excluding hydrogens is 388 g/mol. The molecule has 0 aromatic heterocycles. The Hall–Kier alpha value is -3.75. The highest BCUT2D eigenvalue weighted by Gasteiger charge is 2.35. The number of hydrogen-bond acceptors (Lipinski definition) is 5. The van der Waals surface area contributed by atoms with Crippen LogP contribution in [-0.4, -0.2) is 29.2 Å². The van der Waals surface area contributed by atoms with Crippen molar-refractivity contribution in [3.8, 4) is 0 Å². The number of anilines is 3. The molecule has 154 valence electrons. The van der Waals surface area contributed by atoms with Crippen molar-refractivity contribution in [2.24, 2.45) is 5.92 Å². The lowest BCUT2D eigenvalue weighted by molar-refractivity contribution is -0.384. The highest BCUT2D eigenvalue weighted by Crippen LogP contribution is 2.36. The molecule has 9 nitrogen and oxygen atoms in total. The third-order valence-electron chi connectivity index (χ3n) is 5.18. The van der Waals surface area contributed by atoms with Gasteiger partial charge in [-0.05, 0) is 49.4 Å². The number of rotatable bonds is 4. The minimum absolute atomic E-state index is 0.0925. The SMILES string of the molecule is O=C(Nc1cccc([N+](=O)[O-])c1)C(=O)Nc1ccc2c(c1)N(C(=O)C1CC1)CCC2. The zero-order valence-electron chi connectivity index (χ0n) is 16.1. The molecule has 1 aliphatic carbocycles. The summed E-state index contributed by atoms with van der Waals surface area (Å²) in [6, 6.07) is 10.6. The van der Waals surface area contributed by atoms with Crippen LogP contribution in [0.4, 0.5) is 22.7 Å². The Morgan fingerprint density at radius 1 is 1.00 bits per heavy atom. The van der Waals surface area contributed by atoms with Crippen molar-refractivity contribution in [3.63, 3.8) is 0 Å². The molecule has 0 radical (unpaired) electrons. The van der Waals surface area contributed by atoms with Crippen LogP contribution in [0.25, 0.3) is 0 Å². The summed E-state index contributed by atoms with van der Waals surface area (Å²) in [6.07, 6.45) is 3.58. The lowest BCUT2D eigenvalue weighted by Crippen LogP contribution is -2.36. The molecule has 3 amide bonds. The van der Waals surface area contributed by atoms with Gasteiger partial charge in [0.15, 0.2) is 0 Å². The van der Waals surface area contributed by atoms with E-state index in [1.807, 2.05) is 6.07 Å². The van der Waals surface area contributed by atoms with E-state index in [0.717, 1.165) is 36.9 Å². The number of aryl methyl sites for hydroxylation is 1. The van der Waals surface area contributed by atoms with Gasteiger partial charge in [0.2, 0.25) is 5.91 Å². The molecule has 0 unspecified atom stereocenters. The van der Waals surface area contributed by atoms with E-state index >= 15 is 0 Å². The van der Waals surface area contributed by atoms with Gasteiger partial charge in [0, 0.05) is 41.7 Å². The second kappa shape index (κ2) is 7.94. The average Bonchev–Trinajstić information content (AvgIpc) is 3.58. The summed E-state index contributed by atoms with van der Waals surface area (Å²) < 4.78 is 0. The Kier molecular flexibility index (Phi) is 5.18. The molecule has 9 heteroatoms. The quantitative estimate of drug-likeness (QED) is 0.458. The number of nitro benzene ring substituents is 1. The predicted molar refractivity (Wildman–Crippen MR) is 110 cm³/mol. The molecule has 0 atom stereocenters. The van der Waals surface area contributed by atoms with Crippen LogP contribution in [0.2, 0.25) is 0 Å². The summed E-state index contributed by atoms with van der Waals surface area (Å²) in [5, 5.41) is 15.7. The van der Waals surface area contributed by atoms with Crippen LogP contribution in [-0.2, 0) is 20.8 Å². The smallest absolute Gasteiger partial charge is 0.314 e. The highest BCUT2D eigenvalue weighted by atomic mass is 16.6. The van der Waals surface area contributed by atoms with Crippen LogP contribution < -0.4 is 15.5 Å². The zero-order chi connectivity index (χ0) is 21.3. The normalized spacial score (nSPS) is 15.1. The van der Waals surface area contributed by atoms with E-state index in [9.17, 15) is 24.5 Å². The van der Waals surface area contributed by atoms with Crippen LogP contribution in [0.3, 0.4) is 0 Å². The van der Waals surface area contributed by atoms with Crippen LogP contribution in [0.1, 0.15) is 24.8 Å². The number of non-ortho nitro benzene ring substituents is 1. The van der Waals surface area contributed by atoms with Crippen LogP contribution >= 0.6 is 0 Å². The van der Waals surface area contributed by atoms with Crippen molar-refractivity contribution in [1.82, 2.24) is 0 Å². The Bertz CT molecular complexity index is 1050. The lowest BCUT2D eigenvalue weighted by Gasteiger charge is -2.30. The summed E-state index contributed by atoms with van der Waals surface area (Å²) in [5.74, 6) is -1.64. The number of carbonyl (C=O) groups excluding carboxylic acids is 3. The Labute approximate surface area is 172 Å². The number of nitrogens with zero attached hydrogens (tertiary/aromatic N) is 2. The molecule has 2 aromatic carbocycles. The summed E-state index contributed by atoms with van der Waals surface area (Å²) in [6.45, 7) is 0.646. The van der Waals surface area contributed by atoms with Gasteiger partial charge >= 0.3 is 11.8 Å². The van der Waals surface area contributed by atoms with E-state index in [-0.39, 0.29) is 23.2 Å². The Morgan fingerprint density at radius 2 is 1.70 bits per heavy atom. The van der Waals surface area contributed by atoms with Gasteiger partial charge in [-0.2, -0.15) is 0 Å². The molecule has 4 rings (SSSR count). The fourth-order valence-corrected chi connectivity index (χ4v) is 3.50. The van der Waals surface area contributed by atoms with E-state index in [0.29, 0.717) is 12.2 Å². The summed E-state index contributed by atoms with van der Waals surface area (Å²) >= 11 is 0. The number of carbonyl (C=O) groups is 3. The molecular formula is C21H20N4O5. The predicted octanol–water partition coefficient (Wildman–Crippen LogP) is 2.86. The van der Waals surface area contributed by atoms with Gasteiger partial charge in [0.25, 0.3) is 5.69 Å². The van der Waals surface area contributed by atoms with Gasteiger partial charge < -0.3 is 15.5 Å². The van der Waals surface area contributed by atoms with Gasteiger partial charge in [-0.1, -0.05) is 12.1 Å². The number of nitrogens with one attached hydrogen (secondary N) is 2. The van der Waals surface area contributed by atoms with Crippen molar-refractivity contribution in [1.29, 1.82) is 0 Å². The topological polar surface area (TPSA) is 122 Å². The maximum Gasteiger partial charge on any atom is 0.314 e. The monoisotopic (exact) mass is 408 g/mol. The molecule has 1 heterocycles. The van der Waals surface area contributed by atoms with Crippen molar-refractivity contribution < 1.29 is 19.3 Å². The number of fused-ring (bicyclic) bond motifs is 1. The Morgan fingerprint density at radius 3 is 2.37 bits per heavy atom. The third kappa shape index (κ3) is 4.14. The van der Waals surface area contributed by atoms with Gasteiger partial charge in [-0.3, -0.25) is 24.5 Å². The lowest BCUT2D eigenvalue weighted by atomic mass is 10.0. The first kappa shape index (κ1) is 19.6. The van der Waals surface area contributed by atoms with Crippen molar-refractivity contribution in [3.05, 3.63) is 58.1 Å². The number of nitro groups is 1. The highest BCUT2D eigenvalue weighted by molar-refractivity contribution is 6.43. The van der Waals surface area contributed by atoms with Gasteiger partial charge in [-0.15, -0.1) is 0 Å².